The van der Waals surface area contributed by atoms with Gasteiger partial charge in [-0.2, -0.15) is 5.10 Å². The molecule has 0 radical (unpaired) electrons. The van der Waals surface area contributed by atoms with Crippen LogP contribution in [0.25, 0.3) is 0 Å². The maximum Gasteiger partial charge on any atom is 0.222 e. The third-order valence-corrected chi connectivity index (χ3v) is 5.37. The highest BCUT2D eigenvalue weighted by atomic mass is 127. The van der Waals surface area contributed by atoms with Gasteiger partial charge in [0.2, 0.25) is 11.8 Å². The fourth-order valence-electron chi connectivity index (χ4n) is 3.49. The molecule has 2 heterocycles. The third kappa shape index (κ3) is 9.70. The Balaban J connectivity index is 0.00000512. The molecule has 0 aromatic carbocycles. The van der Waals surface area contributed by atoms with E-state index >= 15 is 0 Å². The van der Waals surface area contributed by atoms with Crippen LogP contribution < -0.4 is 10.6 Å². The van der Waals surface area contributed by atoms with E-state index in [1.807, 2.05) is 16.8 Å². The number of hydrogen-bond acceptors (Lipinski definition) is 5. The van der Waals surface area contributed by atoms with Crippen molar-refractivity contribution >= 4 is 41.8 Å². The van der Waals surface area contributed by atoms with Gasteiger partial charge in [-0.1, -0.05) is 20.3 Å². The maximum absolute atomic E-state index is 12.4. The Kier molecular flexibility index (Phi) is 13.2. The van der Waals surface area contributed by atoms with Crippen LogP contribution in [0.5, 0.6) is 0 Å². The molecule has 0 spiro atoms. The summed E-state index contributed by atoms with van der Waals surface area (Å²) in [4.78, 5) is 36.7. The number of nitrogens with one attached hydrogen (secondary N) is 2. The molecular weight excluding hydrogens is 523 g/mol. The van der Waals surface area contributed by atoms with Crippen molar-refractivity contribution in [1.29, 1.82) is 0 Å². The molecule has 0 saturated carbocycles. The lowest BCUT2D eigenvalue weighted by molar-refractivity contribution is -0.140. The van der Waals surface area contributed by atoms with Crippen LogP contribution in [0, 0.1) is 5.92 Å². The van der Waals surface area contributed by atoms with Gasteiger partial charge in [0, 0.05) is 59.7 Å². The van der Waals surface area contributed by atoms with E-state index in [1.54, 1.807) is 11.7 Å². The number of aryl methyl sites for hydroxylation is 1. The summed E-state index contributed by atoms with van der Waals surface area (Å²) in [6.45, 7) is 8.07. The third-order valence-electron chi connectivity index (χ3n) is 5.37. The number of aromatic nitrogens is 3. The lowest BCUT2D eigenvalue weighted by Crippen LogP contribution is -2.50. The lowest BCUT2D eigenvalue weighted by atomic mass is 10.1. The lowest BCUT2D eigenvalue weighted by Gasteiger charge is -2.35. The van der Waals surface area contributed by atoms with Gasteiger partial charge in [-0.15, -0.1) is 24.0 Å². The van der Waals surface area contributed by atoms with Crippen LogP contribution in [-0.2, 0) is 23.2 Å². The van der Waals surface area contributed by atoms with Gasteiger partial charge in [-0.05, 0) is 18.8 Å². The van der Waals surface area contributed by atoms with Crippen molar-refractivity contribution in [3.05, 3.63) is 12.2 Å². The van der Waals surface area contributed by atoms with Gasteiger partial charge in [0.25, 0.3) is 0 Å². The topological polar surface area (TPSA) is 108 Å². The molecule has 182 valence electrons. The van der Waals surface area contributed by atoms with Crippen molar-refractivity contribution in [2.24, 2.45) is 18.0 Å². The summed E-state index contributed by atoms with van der Waals surface area (Å²) >= 11 is 0. The summed E-state index contributed by atoms with van der Waals surface area (Å²) in [6, 6.07) is 0. The zero-order valence-corrected chi connectivity index (χ0v) is 22.2. The monoisotopic (exact) mass is 562 g/mol. The second-order valence-corrected chi connectivity index (χ2v) is 8.32. The highest BCUT2D eigenvalue weighted by Gasteiger charge is 2.23. The van der Waals surface area contributed by atoms with Gasteiger partial charge in [0.1, 0.15) is 12.2 Å². The summed E-state index contributed by atoms with van der Waals surface area (Å²) in [5.74, 6) is 2.34. The molecule has 1 aliphatic rings. The van der Waals surface area contributed by atoms with Gasteiger partial charge < -0.3 is 20.4 Å². The largest absolute Gasteiger partial charge is 0.356 e. The van der Waals surface area contributed by atoms with Crippen molar-refractivity contribution in [3.8, 4) is 0 Å². The molecule has 2 rings (SSSR count). The quantitative estimate of drug-likeness (QED) is 0.193. The van der Waals surface area contributed by atoms with E-state index in [4.69, 9.17) is 0 Å². The molecule has 11 heteroatoms. The smallest absolute Gasteiger partial charge is 0.222 e. The first-order chi connectivity index (χ1) is 14.9. The Morgan fingerprint density at radius 3 is 2.28 bits per heavy atom. The molecule has 1 aliphatic heterocycles. The molecule has 1 aromatic heterocycles. The molecule has 2 N–H and O–H groups in total. The Bertz CT molecular complexity index is 729. The second kappa shape index (κ2) is 15.0. The molecule has 0 bridgehead atoms. The van der Waals surface area contributed by atoms with Crippen LogP contribution in [0.2, 0.25) is 0 Å². The number of halogens is 1. The van der Waals surface area contributed by atoms with E-state index in [0.717, 1.165) is 37.6 Å². The molecule has 32 heavy (non-hydrogen) atoms. The minimum absolute atomic E-state index is 0. The molecule has 10 nitrogen and oxygen atoms in total. The van der Waals surface area contributed by atoms with Crippen LogP contribution in [0.1, 0.15) is 51.8 Å². The van der Waals surface area contributed by atoms with Crippen LogP contribution in [0.15, 0.2) is 11.3 Å². The number of nitrogens with zero attached hydrogens (tertiary/aromatic N) is 6. The predicted molar refractivity (Wildman–Crippen MR) is 136 cm³/mol. The highest BCUT2D eigenvalue weighted by Crippen LogP contribution is 2.10. The van der Waals surface area contributed by atoms with Gasteiger partial charge in [0.15, 0.2) is 5.96 Å². The van der Waals surface area contributed by atoms with E-state index in [1.165, 1.54) is 6.33 Å². The number of amides is 2. The second-order valence-electron chi connectivity index (χ2n) is 8.32. The van der Waals surface area contributed by atoms with Gasteiger partial charge in [-0.3, -0.25) is 19.3 Å². The first-order valence-corrected chi connectivity index (χ1v) is 11.2. The van der Waals surface area contributed by atoms with Crippen LogP contribution in [-0.4, -0.2) is 82.1 Å². The molecule has 1 fully saturated rings. The molecular formula is C21H39IN8O2. The summed E-state index contributed by atoms with van der Waals surface area (Å²) in [6.07, 6.45) is 5.50. The highest BCUT2D eigenvalue weighted by molar-refractivity contribution is 14.0. The zero-order chi connectivity index (χ0) is 22.6. The van der Waals surface area contributed by atoms with Crippen molar-refractivity contribution in [1.82, 2.24) is 35.2 Å². The van der Waals surface area contributed by atoms with E-state index in [-0.39, 0.29) is 35.8 Å². The maximum atomic E-state index is 12.4. The van der Waals surface area contributed by atoms with Crippen LogP contribution in [0.4, 0.5) is 0 Å². The average molecular weight is 563 g/mol. The minimum atomic E-state index is 0. The average Bonchev–Trinajstić information content (AvgIpc) is 3.16. The molecule has 1 saturated heterocycles. The standard InChI is InChI=1S/C21H38N8O2.HI/c1-17(2)14-20(31)29-12-10-28(11-13-29)19(30)8-6-5-7-9-23-21(22-3)24-15-18-25-16-26-27(18)4;/h16-17H,5-15H2,1-4H3,(H2,22,23,24);1H. The number of hydrogen-bond donors (Lipinski definition) is 2. The van der Waals surface area contributed by atoms with Crippen molar-refractivity contribution < 1.29 is 9.59 Å². The Hall–Kier alpha value is -1.92. The van der Waals surface area contributed by atoms with Crippen molar-refractivity contribution in [2.75, 3.05) is 39.8 Å². The van der Waals surface area contributed by atoms with E-state index in [9.17, 15) is 9.59 Å². The summed E-state index contributed by atoms with van der Waals surface area (Å²) in [7, 11) is 3.59. The summed E-state index contributed by atoms with van der Waals surface area (Å²) in [5, 5.41) is 10.5. The molecule has 1 aromatic rings. The van der Waals surface area contributed by atoms with Gasteiger partial charge in [0.05, 0.1) is 6.54 Å². The number of unbranched alkanes of at least 4 members (excludes halogenated alkanes) is 2. The predicted octanol–water partition coefficient (Wildman–Crippen LogP) is 1.38. The SMILES string of the molecule is CN=C(NCCCCCC(=O)N1CCN(C(=O)CC(C)C)CC1)NCc1ncnn1C.I. The summed E-state index contributed by atoms with van der Waals surface area (Å²) < 4.78 is 1.72. The number of piperazine rings is 1. The van der Waals surface area contributed by atoms with Crippen LogP contribution in [0.3, 0.4) is 0 Å². The number of aliphatic imine (C=N–C) groups is 1. The number of carbonyl (C=O) groups is 2. The normalized spacial score (nSPS) is 14.3. The van der Waals surface area contributed by atoms with Crippen molar-refractivity contribution in [3.63, 3.8) is 0 Å². The number of carbonyl (C=O) groups excluding carboxylic acids is 2. The van der Waals surface area contributed by atoms with E-state index < -0.39 is 0 Å². The van der Waals surface area contributed by atoms with E-state index in [2.05, 4.69) is 39.6 Å². The first-order valence-electron chi connectivity index (χ1n) is 11.2. The van der Waals surface area contributed by atoms with Crippen molar-refractivity contribution in [2.45, 2.75) is 52.5 Å². The summed E-state index contributed by atoms with van der Waals surface area (Å²) in [5.41, 5.74) is 0. The van der Waals surface area contributed by atoms with Gasteiger partial charge in [-0.25, -0.2) is 4.98 Å². The number of rotatable bonds is 10. The Morgan fingerprint density at radius 2 is 1.72 bits per heavy atom. The molecule has 0 aliphatic carbocycles. The molecule has 0 atom stereocenters. The minimum Gasteiger partial charge on any atom is -0.356 e. The molecule has 2 amide bonds. The van der Waals surface area contributed by atoms with Crippen LogP contribution >= 0.6 is 24.0 Å². The molecule has 0 unspecified atom stereocenters. The first kappa shape index (κ1) is 28.1. The van der Waals surface area contributed by atoms with E-state index in [0.29, 0.717) is 51.5 Å². The zero-order valence-electron chi connectivity index (χ0n) is 19.8. The Morgan fingerprint density at radius 1 is 1.06 bits per heavy atom. The fourth-order valence-corrected chi connectivity index (χ4v) is 3.49. The Labute approximate surface area is 208 Å². The van der Waals surface area contributed by atoms with Gasteiger partial charge >= 0.3 is 0 Å². The number of guanidine groups is 1. The fraction of sp³-hybridized carbons (Fsp3) is 0.762.